The minimum atomic E-state index is -4.09. The summed E-state index contributed by atoms with van der Waals surface area (Å²) in [6, 6.07) is -0.789. The zero-order valence-corrected chi connectivity index (χ0v) is 11.0. The van der Waals surface area contributed by atoms with E-state index in [0.717, 1.165) is 0 Å². The largest absolute Gasteiger partial charge is 0.379 e. The van der Waals surface area contributed by atoms with E-state index in [1.165, 1.54) is 7.11 Å². The molecular formula is C9H17BFO6P. The average Bonchev–Trinajstić information content (AvgIpc) is 2.58. The number of hydrogen-bond donors (Lipinski definition) is 2. The Morgan fingerprint density at radius 2 is 2.11 bits per heavy atom. The summed E-state index contributed by atoms with van der Waals surface area (Å²) in [6.07, 6.45) is -1.97. The molecule has 1 fully saturated rings. The molecule has 0 aromatic rings. The van der Waals surface area contributed by atoms with Gasteiger partial charge in [-0.1, -0.05) is 0 Å². The van der Waals surface area contributed by atoms with Crippen molar-refractivity contribution in [3.8, 4) is 0 Å². The first kappa shape index (κ1) is 16.1. The molecule has 0 aliphatic carbocycles. The van der Waals surface area contributed by atoms with E-state index in [2.05, 4.69) is 0 Å². The Bertz CT molecular complexity index is 301. The molecule has 0 aromatic heterocycles. The summed E-state index contributed by atoms with van der Waals surface area (Å²) in [5, 5.41) is 0. The molecule has 4 atom stereocenters. The number of halogens is 1. The zero-order valence-electron chi connectivity index (χ0n) is 10.1. The van der Waals surface area contributed by atoms with Crippen LogP contribution in [0, 0.1) is 0 Å². The SMILES string of the molecule is [B][C@@H]1O[C@H](CCP(=O)(O)O)[C@@H](OC)[C@H]1OCCF. The number of hydrogen-bond acceptors (Lipinski definition) is 4. The number of rotatable bonds is 7. The highest BCUT2D eigenvalue weighted by atomic mass is 31.2. The lowest BCUT2D eigenvalue weighted by Gasteiger charge is -2.22. The molecule has 6 nitrogen and oxygen atoms in total. The van der Waals surface area contributed by atoms with Gasteiger partial charge in [0.15, 0.2) is 0 Å². The van der Waals surface area contributed by atoms with Crippen LogP contribution in [0.25, 0.3) is 0 Å². The van der Waals surface area contributed by atoms with Crippen molar-refractivity contribution in [2.75, 3.05) is 26.6 Å². The fourth-order valence-corrected chi connectivity index (χ4v) is 2.53. The van der Waals surface area contributed by atoms with E-state index in [1.807, 2.05) is 0 Å². The molecule has 1 saturated heterocycles. The van der Waals surface area contributed by atoms with Crippen LogP contribution in [0.3, 0.4) is 0 Å². The fourth-order valence-electron chi connectivity index (χ4n) is 1.94. The van der Waals surface area contributed by atoms with Crippen LogP contribution in [0.15, 0.2) is 0 Å². The molecule has 2 radical (unpaired) electrons. The van der Waals surface area contributed by atoms with Crippen molar-refractivity contribution in [3.63, 3.8) is 0 Å². The van der Waals surface area contributed by atoms with Crippen LogP contribution in [-0.2, 0) is 18.8 Å². The van der Waals surface area contributed by atoms with E-state index < -0.39 is 38.6 Å². The van der Waals surface area contributed by atoms with E-state index >= 15 is 0 Å². The van der Waals surface area contributed by atoms with Gasteiger partial charge in [-0.2, -0.15) is 0 Å². The summed E-state index contributed by atoms with van der Waals surface area (Å²) < 4.78 is 38.5. The van der Waals surface area contributed by atoms with Gasteiger partial charge in [0, 0.05) is 13.1 Å². The van der Waals surface area contributed by atoms with Gasteiger partial charge in [-0.15, -0.1) is 0 Å². The molecular weight excluding hydrogens is 265 g/mol. The molecule has 0 saturated carbocycles. The Balaban J connectivity index is 2.56. The maximum atomic E-state index is 12.1. The summed E-state index contributed by atoms with van der Waals surface area (Å²) in [5.74, 6) is 0. The van der Waals surface area contributed by atoms with Gasteiger partial charge in [-0.05, 0) is 6.42 Å². The minimum absolute atomic E-state index is 0.103. The van der Waals surface area contributed by atoms with Crippen LogP contribution in [-0.4, -0.2) is 68.5 Å². The van der Waals surface area contributed by atoms with E-state index in [-0.39, 0.29) is 19.2 Å². The minimum Gasteiger partial charge on any atom is -0.379 e. The summed E-state index contributed by atoms with van der Waals surface area (Å²) in [4.78, 5) is 17.6. The molecule has 1 aliphatic rings. The van der Waals surface area contributed by atoms with Gasteiger partial charge >= 0.3 is 7.60 Å². The standard InChI is InChI=1S/C9H17BFO6P/c1-15-7-6(2-5-18(12,13)14)17-9(10)8(7)16-4-3-11/h6-9H,2-5H2,1H3,(H2,12,13,14)/t6-,7-,8-,9-/m1/s1. The second-order valence-electron chi connectivity index (χ2n) is 4.04. The van der Waals surface area contributed by atoms with E-state index in [0.29, 0.717) is 0 Å². The van der Waals surface area contributed by atoms with E-state index in [1.54, 1.807) is 0 Å². The lowest BCUT2D eigenvalue weighted by molar-refractivity contribution is -0.0460. The second kappa shape index (κ2) is 6.98. The third-order valence-electron chi connectivity index (χ3n) is 2.71. The predicted octanol–water partition coefficient (Wildman–Crippen LogP) is -0.183. The third kappa shape index (κ3) is 4.61. The Morgan fingerprint density at radius 1 is 1.44 bits per heavy atom. The fraction of sp³-hybridized carbons (Fsp3) is 1.00. The molecule has 1 heterocycles. The van der Waals surface area contributed by atoms with Crippen molar-refractivity contribution in [1.82, 2.24) is 0 Å². The number of ether oxygens (including phenoxy) is 3. The molecule has 0 unspecified atom stereocenters. The Labute approximate surface area is 106 Å². The molecule has 0 spiro atoms. The first-order valence-corrected chi connectivity index (χ1v) is 7.34. The van der Waals surface area contributed by atoms with Crippen LogP contribution in [0.2, 0.25) is 0 Å². The van der Waals surface area contributed by atoms with Gasteiger partial charge in [0.2, 0.25) is 0 Å². The molecule has 9 heteroatoms. The Hall–Kier alpha value is 0.0249. The van der Waals surface area contributed by atoms with E-state index in [9.17, 15) is 8.96 Å². The molecule has 1 aliphatic heterocycles. The highest BCUT2D eigenvalue weighted by molar-refractivity contribution is 7.51. The lowest BCUT2D eigenvalue weighted by Crippen LogP contribution is -2.37. The van der Waals surface area contributed by atoms with Gasteiger partial charge in [0.05, 0.1) is 18.9 Å². The van der Waals surface area contributed by atoms with Crippen LogP contribution in [0.1, 0.15) is 6.42 Å². The average molecular weight is 282 g/mol. The normalized spacial score (nSPS) is 32.9. The van der Waals surface area contributed by atoms with Crippen molar-refractivity contribution >= 4 is 15.4 Å². The number of alkyl halides is 1. The van der Waals surface area contributed by atoms with Crippen LogP contribution in [0.5, 0.6) is 0 Å². The van der Waals surface area contributed by atoms with Gasteiger partial charge in [0.25, 0.3) is 0 Å². The first-order valence-electron chi connectivity index (χ1n) is 5.55. The van der Waals surface area contributed by atoms with Crippen molar-refractivity contribution in [2.24, 2.45) is 0 Å². The third-order valence-corrected chi connectivity index (χ3v) is 3.55. The second-order valence-corrected chi connectivity index (χ2v) is 5.82. The topological polar surface area (TPSA) is 85.2 Å². The molecule has 0 bridgehead atoms. The van der Waals surface area contributed by atoms with E-state index in [4.69, 9.17) is 31.8 Å². The maximum Gasteiger partial charge on any atom is 0.325 e. The van der Waals surface area contributed by atoms with Crippen LogP contribution >= 0.6 is 7.60 Å². The lowest BCUT2D eigenvalue weighted by atomic mass is 9.92. The summed E-state index contributed by atoms with van der Waals surface area (Å²) in [5.41, 5.74) is 0. The highest BCUT2D eigenvalue weighted by Gasteiger charge is 2.43. The van der Waals surface area contributed by atoms with Crippen LogP contribution in [0.4, 0.5) is 4.39 Å². The van der Waals surface area contributed by atoms with Crippen molar-refractivity contribution in [3.05, 3.63) is 0 Å². The monoisotopic (exact) mass is 282 g/mol. The summed E-state index contributed by atoms with van der Waals surface area (Å²) in [6.45, 7) is -0.764. The van der Waals surface area contributed by atoms with Crippen LogP contribution < -0.4 is 0 Å². The van der Waals surface area contributed by atoms with Crippen molar-refractivity contribution < 1.29 is 33.0 Å². The molecule has 0 aromatic carbocycles. The molecule has 18 heavy (non-hydrogen) atoms. The molecule has 1 rings (SSSR count). The predicted molar refractivity (Wildman–Crippen MR) is 62.5 cm³/mol. The quantitative estimate of drug-likeness (QED) is 0.497. The first-order chi connectivity index (χ1) is 8.39. The summed E-state index contributed by atoms with van der Waals surface area (Å²) in [7, 11) is 3.00. The zero-order chi connectivity index (χ0) is 13.8. The Morgan fingerprint density at radius 3 is 2.61 bits per heavy atom. The maximum absolute atomic E-state index is 12.1. The number of methoxy groups -OCH3 is 1. The van der Waals surface area contributed by atoms with Crippen molar-refractivity contribution in [2.45, 2.75) is 30.7 Å². The van der Waals surface area contributed by atoms with Gasteiger partial charge in [-0.25, -0.2) is 4.39 Å². The molecule has 0 amide bonds. The highest BCUT2D eigenvalue weighted by Crippen LogP contribution is 2.38. The van der Waals surface area contributed by atoms with Gasteiger partial charge in [-0.3, -0.25) is 4.57 Å². The van der Waals surface area contributed by atoms with Crippen molar-refractivity contribution in [1.29, 1.82) is 0 Å². The molecule has 2 N–H and O–H groups in total. The summed E-state index contributed by atoms with van der Waals surface area (Å²) >= 11 is 0. The smallest absolute Gasteiger partial charge is 0.325 e. The molecule has 104 valence electrons. The van der Waals surface area contributed by atoms with Gasteiger partial charge < -0.3 is 24.0 Å². The Kier molecular flexibility index (Phi) is 6.24. The van der Waals surface area contributed by atoms with Gasteiger partial charge in [0.1, 0.15) is 26.7 Å².